The SMILES string of the molecule is COc1ccc([C@H](CCNC(=O)C2CCCCC2)c2ccccc2)cc1. The van der Waals surface area contributed by atoms with Crippen molar-refractivity contribution in [3.05, 3.63) is 65.7 Å². The first-order valence-corrected chi connectivity index (χ1v) is 9.74. The summed E-state index contributed by atoms with van der Waals surface area (Å²) in [6.45, 7) is 0.709. The van der Waals surface area contributed by atoms with E-state index in [1.807, 2.05) is 18.2 Å². The highest BCUT2D eigenvalue weighted by Gasteiger charge is 2.21. The zero-order valence-electron chi connectivity index (χ0n) is 15.6. The topological polar surface area (TPSA) is 38.3 Å². The van der Waals surface area contributed by atoms with Gasteiger partial charge in [-0.15, -0.1) is 0 Å². The molecule has 0 bridgehead atoms. The predicted octanol–water partition coefficient (Wildman–Crippen LogP) is 4.91. The molecule has 0 aromatic heterocycles. The Morgan fingerprint density at radius 2 is 1.65 bits per heavy atom. The summed E-state index contributed by atoms with van der Waals surface area (Å²) in [5.74, 6) is 1.60. The Hall–Kier alpha value is -2.29. The normalized spacial score (nSPS) is 16.0. The molecule has 1 atom stereocenters. The van der Waals surface area contributed by atoms with Crippen LogP contribution in [0.25, 0.3) is 0 Å². The third-order valence-corrected chi connectivity index (χ3v) is 5.43. The molecule has 3 heteroatoms. The van der Waals surface area contributed by atoms with Crippen molar-refractivity contribution in [1.82, 2.24) is 5.32 Å². The summed E-state index contributed by atoms with van der Waals surface area (Å²) < 4.78 is 5.28. The predicted molar refractivity (Wildman–Crippen MR) is 105 cm³/mol. The third kappa shape index (κ3) is 4.87. The van der Waals surface area contributed by atoms with Crippen LogP contribution >= 0.6 is 0 Å². The van der Waals surface area contributed by atoms with Gasteiger partial charge in [0.25, 0.3) is 0 Å². The molecular formula is C23H29NO2. The summed E-state index contributed by atoms with van der Waals surface area (Å²) in [5, 5.41) is 3.18. The number of hydrogen-bond donors (Lipinski definition) is 1. The van der Waals surface area contributed by atoms with E-state index in [1.165, 1.54) is 30.4 Å². The van der Waals surface area contributed by atoms with Crippen molar-refractivity contribution in [1.29, 1.82) is 0 Å². The summed E-state index contributed by atoms with van der Waals surface area (Å²) in [7, 11) is 1.68. The lowest BCUT2D eigenvalue weighted by Gasteiger charge is -2.22. The molecule has 0 unspecified atom stereocenters. The Morgan fingerprint density at radius 1 is 1.00 bits per heavy atom. The number of ether oxygens (including phenoxy) is 1. The number of hydrogen-bond acceptors (Lipinski definition) is 2. The van der Waals surface area contributed by atoms with Gasteiger partial charge >= 0.3 is 0 Å². The molecule has 3 nitrogen and oxygen atoms in total. The second kappa shape index (κ2) is 9.42. The molecule has 1 aliphatic carbocycles. The molecule has 1 fully saturated rings. The van der Waals surface area contributed by atoms with Crippen molar-refractivity contribution < 1.29 is 9.53 Å². The van der Waals surface area contributed by atoms with Crippen molar-refractivity contribution in [3.8, 4) is 5.75 Å². The fraction of sp³-hybridized carbons (Fsp3) is 0.435. The molecule has 1 saturated carbocycles. The van der Waals surface area contributed by atoms with Crippen molar-refractivity contribution in [2.45, 2.75) is 44.4 Å². The highest BCUT2D eigenvalue weighted by Crippen LogP contribution is 2.29. The Kier molecular flexibility index (Phi) is 6.70. The fourth-order valence-corrected chi connectivity index (χ4v) is 3.90. The van der Waals surface area contributed by atoms with Gasteiger partial charge in [-0.2, -0.15) is 0 Å². The van der Waals surface area contributed by atoms with Gasteiger partial charge in [-0.3, -0.25) is 4.79 Å². The molecule has 26 heavy (non-hydrogen) atoms. The maximum absolute atomic E-state index is 12.4. The van der Waals surface area contributed by atoms with Gasteiger partial charge in [0.1, 0.15) is 5.75 Å². The first kappa shape index (κ1) is 18.5. The molecule has 138 valence electrons. The first-order chi connectivity index (χ1) is 12.8. The smallest absolute Gasteiger partial charge is 0.223 e. The highest BCUT2D eigenvalue weighted by atomic mass is 16.5. The van der Waals surface area contributed by atoms with Crippen LogP contribution in [0.2, 0.25) is 0 Å². The minimum absolute atomic E-state index is 0.222. The monoisotopic (exact) mass is 351 g/mol. The number of benzene rings is 2. The van der Waals surface area contributed by atoms with E-state index in [9.17, 15) is 4.79 Å². The third-order valence-electron chi connectivity index (χ3n) is 5.43. The Balaban J connectivity index is 1.65. The molecule has 2 aromatic rings. The van der Waals surface area contributed by atoms with Crippen LogP contribution in [0.1, 0.15) is 55.6 Å². The molecule has 1 aliphatic rings. The van der Waals surface area contributed by atoms with E-state index in [2.05, 4.69) is 41.7 Å². The fourth-order valence-electron chi connectivity index (χ4n) is 3.90. The van der Waals surface area contributed by atoms with Gasteiger partial charge in [0.15, 0.2) is 0 Å². The number of carbonyl (C=O) groups excluding carboxylic acids is 1. The minimum Gasteiger partial charge on any atom is -0.497 e. The van der Waals surface area contributed by atoms with E-state index in [1.54, 1.807) is 7.11 Å². The number of amides is 1. The lowest BCUT2D eigenvalue weighted by Crippen LogP contribution is -2.33. The van der Waals surface area contributed by atoms with Gasteiger partial charge in [0.05, 0.1) is 7.11 Å². The molecule has 0 aliphatic heterocycles. The molecule has 2 aromatic carbocycles. The average molecular weight is 351 g/mol. The number of methoxy groups -OCH3 is 1. The maximum atomic E-state index is 12.4. The van der Waals surface area contributed by atoms with E-state index in [0.717, 1.165) is 25.0 Å². The summed E-state index contributed by atoms with van der Waals surface area (Å²) in [5.41, 5.74) is 2.54. The van der Waals surface area contributed by atoms with Crippen LogP contribution in [0, 0.1) is 5.92 Å². The Morgan fingerprint density at radius 3 is 2.31 bits per heavy atom. The van der Waals surface area contributed by atoms with Crippen LogP contribution in [-0.2, 0) is 4.79 Å². The van der Waals surface area contributed by atoms with Crippen LogP contribution in [0.15, 0.2) is 54.6 Å². The first-order valence-electron chi connectivity index (χ1n) is 9.74. The van der Waals surface area contributed by atoms with Crippen LogP contribution in [0.4, 0.5) is 0 Å². The van der Waals surface area contributed by atoms with E-state index in [-0.39, 0.29) is 17.7 Å². The maximum Gasteiger partial charge on any atom is 0.223 e. The van der Waals surface area contributed by atoms with Gasteiger partial charge < -0.3 is 10.1 Å². The van der Waals surface area contributed by atoms with Crippen molar-refractivity contribution in [3.63, 3.8) is 0 Å². The zero-order chi connectivity index (χ0) is 18.2. The summed E-state index contributed by atoms with van der Waals surface area (Å²) in [4.78, 5) is 12.4. The van der Waals surface area contributed by atoms with Gasteiger partial charge in [-0.05, 0) is 42.5 Å². The number of nitrogens with one attached hydrogen (secondary N) is 1. The molecule has 0 spiro atoms. The van der Waals surface area contributed by atoms with Crippen molar-refractivity contribution in [2.75, 3.05) is 13.7 Å². The van der Waals surface area contributed by atoms with Crippen LogP contribution in [0.3, 0.4) is 0 Å². The van der Waals surface area contributed by atoms with Gasteiger partial charge in [0.2, 0.25) is 5.91 Å². The Bertz CT molecular complexity index is 675. The lowest BCUT2D eigenvalue weighted by atomic mass is 9.87. The quantitative estimate of drug-likeness (QED) is 0.769. The largest absolute Gasteiger partial charge is 0.497 e. The molecule has 1 amide bonds. The second-order valence-electron chi connectivity index (χ2n) is 7.15. The second-order valence-corrected chi connectivity index (χ2v) is 7.15. The Labute approximate surface area is 156 Å². The van der Waals surface area contributed by atoms with Gasteiger partial charge in [0, 0.05) is 18.4 Å². The van der Waals surface area contributed by atoms with Gasteiger partial charge in [-0.25, -0.2) is 0 Å². The lowest BCUT2D eigenvalue weighted by molar-refractivity contribution is -0.125. The standard InChI is InChI=1S/C23H29NO2/c1-26-21-14-12-19(13-15-21)22(18-8-4-2-5-9-18)16-17-24-23(25)20-10-6-3-7-11-20/h2,4-5,8-9,12-15,20,22H,3,6-7,10-11,16-17H2,1H3,(H,24,25)/t22-/m1/s1. The summed E-state index contributed by atoms with van der Waals surface area (Å²) in [6, 6.07) is 18.8. The minimum atomic E-state index is 0.222. The van der Waals surface area contributed by atoms with E-state index >= 15 is 0 Å². The molecular weight excluding hydrogens is 322 g/mol. The number of rotatable bonds is 7. The zero-order valence-corrected chi connectivity index (χ0v) is 15.6. The summed E-state index contributed by atoms with van der Waals surface area (Å²) >= 11 is 0. The molecule has 0 saturated heterocycles. The summed E-state index contributed by atoms with van der Waals surface area (Å²) in [6.07, 6.45) is 6.65. The van der Waals surface area contributed by atoms with E-state index in [4.69, 9.17) is 4.74 Å². The molecule has 0 radical (unpaired) electrons. The average Bonchev–Trinajstić information content (AvgIpc) is 2.72. The number of carbonyl (C=O) groups is 1. The van der Waals surface area contributed by atoms with Crippen molar-refractivity contribution >= 4 is 5.91 Å². The van der Waals surface area contributed by atoms with Crippen LogP contribution in [-0.4, -0.2) is 19.6 Å². The molecule has 0 heterocycles. The molecule has 1 N–H and O–H groups in total. The van der Waals surface area contributed by atoms with Gasteiger partial charge in [-0.1, -0.05) is 61.7 Å². The highest BCUT2D eigenvalue weighted by molar-refractivity contribution is 5.78. The van der Waals surface area contributed by atoms with Crippen LogP contribution in [0.5, 0.6) is 5.75 Å². The van der Waals surface area contributed by atoms with E-state index in [0.29, 0.717) is 6.54 Å². The van der Waals surface area contributed by atoms with Crippen molar-refractivity contribution in [2.24, 2.45) is 5.92 Å². The molecule has 3 rings (SSSR count). The van der Waals surface area contributed by atoms with Crippen LogP contribution < -0.4 is 10.1 Å². The van der Waals surface area contributed by atoms with E-state index < -0.39 is 0 Å².